The predicted octanol–water partition coefficient (Wildman–Crippen LogP) is 3.95. The average molecular weight is 386 g/mol. The number of benzene rings is 1. The predicted molar refractivity (Wildman–Crippen MR) is 98.7 cm³/mol. The first-order valence-corrected chi connectivity index (χ1v) is 8.46. The molecule has 0 spiro atoms. The summed E-state index contributed by atoms with van der Waals surface area (Å²) in [6, 6.07) is 8.57. The Morgan fingerprint density at radius 3 is 2.54 bits per heavy atom. The summed E-state index contributed by atoms with van der Waals surface area (Å²) in [4.78, 5) is 22.1. The molecule has 3 aromatic rings. The van der Waals surface area contributed by atoms with Crippen LogP contribution in [-0.4, -0.2) is 34.4 Å². The summed E-state index contributed by atoms with van der Waals surface area (Å²) in [6.45, 7) is 0.492. The maximum Gasteiger partial charge on any atom is 0.253 e. The van der Waals surface area contributed by atoms with Crippen LogP contribution in [0.15, 0.2) is 55.0 Å². The lowest BCUT2D eigenvalue weighted by atomic mass is 10.2. The lowest BCUT2D eigenvalue weighted by Gasteiger charge is -2.17. The Morgan fingerprint density at radius 2 is 1.79 bits per heavy atom. The number of carbonyl (C=O) groups is 1. The molecule has 0 unspecified atom stereocenters. The maximum atomic E-state index is 13.8. The summed E-state index contributed by atoms with van der Waals surface area (Å²) in [5.41, 5.74) is 1.11. The van der Waals surface area contributed by atoms with E-state index in [4.69, 9.17) is 0 Å². The number of amides is 1. The van der Waals surface area contributed by atoms with Gasteiger partial charge in [-0.25, -0.2) is 18.2 Å². The van der Waals surface area contributed by atoms with Crippen molar-refractivity contribution in [3.05, 3.63) is 83.6 Å². The highest BCUT2D eigenvalue weighted by molar-refractivity contribution is 5.94. The van der Waals surface area contributed by atoms with E-state index in [-0.39, 0.29) is 17.4 Å². The molecule has 144 valence electrons. The molecule has 0 saturated heterocycles. The van der Waals surface area contributed by atoms with Gasteiger partial charge in [-0.15, -0.1) is 0 Å². The fourth-order valence-corrected chi connectivity index (χ4v) is 2.56. The summed E-state index contributed by atoms with van der Waals surface area (Å²) in [6.07, 6.45) is 5.43. The molecular formula is C20H17F3N4O. The normalized spacial score (nSPS) is 10.6. The molecule has 0 saturated carbocycles. The molecule has 0 aliphatic carbocycles. The highest BCUT2D eigenvalue weighted by Gasteiger charge is 2.16. The van der Waals surface area contributed by atoms with Crippen molar-refractivity contribution in [3.8, 4) is 0 Å². The molecular weight excluding hydrogens is 369 g/mol. The van der Waals surface area contributed by atoms with Gasteiger partial charge in [-0.2, -0.15) is 0 Å². The zero-order valence-corrected chi connectivity index (χ0v) is 15.0. The van der Waals surface area contributed by atoms with Crippen molar-refractivity contribution in [1.82, 2.24) is 14.9 Å². The van der Waals surface area contributed by atoms with Crippen LogP contribution < -0.4 is 5.32 Å². The number of pyridine rings is 2. The van der Waals surface area contributed by atoms with E-state index in [0.717, 1.165) is 17.7 Å². The van der Waals surface area contributed by atoms with Gasteiger partial charge in [-0.3, -0.25) is 9.78 Å². The fraction of sp³-hybridized carbons (Fsp3) is 0.150. The van der Waals surface area contributed by atoms with Crippen LogP contribution in [-0.2, 0) is 6.42 Å². The van der Waals surface area contributed by atoms with E-state index in [9.17, 15) is 18.0 Å². The van der Waals surface area contributed by atoms with Gasteiger partial charge in [0.2, 0.25) is 0 Å². The number of nitrogens with one attached hydrogen (secondary N) is 1. The van der Waals surface area contributed by atoms with Crippen molar-refractivity contribution >= 4 is 17.4 Å². The molecule has 0 aliphatic rings. The highest BCUT2D eigenvalue weighted by Crippen LogP contribution is 2.23. The van der Waals surface area contributed by atoms with Gasteiger partial charge in [0, 0.05) is 37.7 Å². The van der Waals surface area contributed by atoms with Crippen LogP contribution in [0.4, 0.5) is 24.7 Å². The molecule has 1 aromatic carbocycles. The molecule has 1 amide bonds. The van der Waals surface area contributed by atoms with E-state index < -0.39 is 17.5 Å². The Balaban J connectivity index is 1.70. The van der Waals surface area contributed by atoms with E-state index in [1.165, 1.54) is 18.3 Å². The van der Waals surface area contributed by atoms with E-state index in [2.05, 4.69) is 15.3 Å². The van der Waals surface area contributed by atoms with Crippen LogP contribution >= 0.6 is 0 Å². The molecule has 5 nitrogen and oxygen atoms in total. The second-order valence-corrected chi connectivity index (χ2v) is 6.11. The van der Waals surface area contributed by atoms with Crippen molar-refractivity contribution in [1.29, 1.82) is 0 Å². The van der Waals surface area contributed by atoms with E-state index in [1.54, 1.807) is 24.3 Å². The monoisotopic (exact) mass is 386 g/mol. The number of hydrogen-bond donors (Lipinski definition) is 1. The molecule has 2 heterocycles. The largest absolute Gasteiger partial charge is 0.341 e. The molecule has 0 bridgehead atoms. The van der Waals surface area contributed by atoms with Gasteiger partial charge in [-0.1, -0.05) is 0 Å². The minimum Gasteiger partial charge on any atom is -0.341 e. The number of rotatable bonds is 6. The molecule has 0 aliphatic heterocycles. The van der Waals surface area contributed by atoms with Crippen LogP contribution in [0.25, 0.3) is 0 Å². The topological polar surface area (TPSA) is 58.1 Å². The molecule has 0 atom stereocenters. The zero-order chi connectivity index (χ0) is 20.1. The number of anilines is 2. The summed E-state index contributed by atoms with van der Waals surface area (Å²) in [7, 11) is 1.67. The van der Waals surface area contributed by atoms with Gasteiger partial charge in [0.05, 0.1) is 5.69 Å². The van der Waals surface area contributed by atoms with Gasteiger partial charge in [0.1, 0.15) is 5.82 Å². The van der Waals surface area contributed by atoms with Crippen molar-refractivity contribution in [2.24, 2.45) is 0 Å². The molecule has 0 radical (unpaired) electrons. The third-order valence-electron chi connectivity index (χ3n) is 4.14. The van der Waals surface area contributed by atoms with Crippen LogP contribution in [0.3, 0.4) is 0 Å². The minimum absolute atomic E-state index is 0.137. The summed E-state index contributed by atoms with van der Waals surface area (Å²) >= 11 is 0. The SMILES string of the molecule is CN(CCc1ccncc1)C(=O)c1ccnc(Nc2ccc(F)c(F)c2F)c1. The third kappa shape index (κ3) is 4.46. The van der Waals surface area contributed by atoms with Gasteiger partial charge in [0.15, 0.2) is 17.5 Å². The Hall–Kier alpha value is -3.42. The van der Waals surface area contributed by atoms with E-state index >= 15 is 0 Å². The van der Waals surface area contributed by atoms with Crippen LogP contribution in [0.5, 0.6) is 0 Å². The van der Waals surface area contributed by atoms with Crippen molar-refractivity contribution in [3.63, 3.8) is 0 Å². The second-order valence-electron chi connectivity index (χ2n) is 6.11. The smallest absolute Gasteiger partial charge is 0.253 e. The van der Waals surface area contributed by atoms with Gasteiger partial charge < -0.3 is 10.2 Å². The number of nitrogens with zero attached hydrogens (tertiary/aromatic N) is 3. The van der Waals surface area contributed by atoms with Gasteiger partial charge in [-0.05, 0) is 48.4 Å². The number of carbonyl (C=O) groups excluding carboxylic acids is 1. The van der Waals surface area contributed by atoms with Crippen molar-refractivity contribution < 1.29 is 18.0 Å². The van der Waals surface area contributed by atoms with Crippen molar-refractivity contribution in [2.45, 2.75) is 6.42 Å². The lowest BCUT2D eigenvalue weighted by Crippen LogP contribution is -2.28. The van der Waals surface area contributed by atoms with Crippen molar-refractivity contribution in [2.75, 3.05) is 18.9 Å². The first-order chi connectivity index (χ1) is 13.5. The fourth-order valence-electron chi connectivity index (χ4n) is 2.56. The number of halogens is 3. The first-order valence-electron chi connectivity index (χ1n) is 8.46. The number of aromatic nitrogens is 2. The third-order valence-corrected chi connectivity index (χ3v) is 4.14. The molecule has 0 fully saturated rings. The molecule has 8 heteroatoms. The van der Waals surface area contributed by atoms with Crippen LogP contribution in [0.2, 0.25) is 0 Å². The second kappa shape index (κ2) is 8.51. The Morgan fingerprint density at radius 1 is 1.04 bits per heavy atom. The Bertz CT molecular complexity index is 982. The zero-order valence-electron chi connectivity index (χ0n) is 15.0. The summed E-state index contributed by atoms with van der Waals surface area (Å²) < 4.78 is 40.2. The first kappa shape index (κ1) is 19.3. The standard InChI is InChI=1S/C20H17F3N4O/c1-27(11-7-13-4-8-24-9-5-13)20(28)14-6-10-25-17(12-14)26-16-3-2-15(21)18(22)19(16)23/h2-6,8-10,12H,7,11H2,1H3,(H,25,26). The minimum atomic E-state index is -1.58. The number of hydrogen-bond acceptors (Lipinski definition) is 4. The average Bonchev–Trinajstić information content (AvgIpc) is 2.73. The van der Waals surface area contributed by atoms with Crippen LogP contribution in [0, 0.1) is 17.5 Å². The van der Waals surface area contributed by atoms with E-state index in [1.807, 2.05) is 12.1 Å². The Kier molecular flexibility index (Phi) is 5.88. The lowest BCUT2D eigenvalue weighted by molar-refractivity contribution is 0.0796. The highest BCUT2D eigenvalue weighted by atomic mass is 19.2. The molecule has 1 N–H and O–H groups in total. The van der Waals surface area contributed by atoms with Crippen LogP contribution in [0.1, 0.15) is 15.9 Å². The summed E-state index contributed by atoms with van der Waals surface area (Å²) in [5, 5.41) is 2.56. The molecule has 28 heavy (non-hydrogen) atoms. The quantitative estimate of drug-likeness (QED) is 0.652. The maximum absolute atomic E-state index is 13.8. The number of likely N-dealkylation sites (N-methyl/N-ethyl adjacent to an activating group) is 1. The van der Waals surface area contributed by atoms with Gasteiger partial charge in [0.25, 0.3) is 5.91 Å². The Labute approximate surface area is 159 Å². The van der Waals surface area contributed by atoms with Gasteiger partial charge >= 0.3 is 0 Å². The summed E-state index contributed by atoms with van der Waals surface area (Å²) in [5.74, 6) is -4.32. The molecule has 3 rings (SSSR count). The van der Waals surface area contributed by atoms with E-state index in [0.29, 0.717) is 18.5 Å². The molecule has 2 aromatic heterocycles.